The third-order valence-electron chi connectivity index (χ3n) is 11.0. The summed E-state index contributed by atoms with van der Waals surface area (Å²) in [7, 11) is 0.608. The number of ketones is 1. The highest BCUT2D eigenvalue weighted by molar-refractivity contribution is 7.86. The monoisotopic (exact) mass is 737 g/mol. The highest BCUT2D eigenvalue weighted by atomic mass is 32.2. The van der Waals surface area contributed by atoms with Crippen LogP contribution in [-0.4, -0.2) is 116 Å². The minimum Gasteiger partial charge on any atom is -0.346 e. The number of Topliss-reactive ketones (excluding diaryl/α,β-unsaturated/α-hetero) is 1. The van der Waals surface area contributed by atoms with Gasteiger partial charge in [0.05, 0.1) is 6.04 Å². The minimum absolute atomic E-state index is 0.00829. The van der Waals surface area contributed by atoms with Crippen molar-refractivity contribution in [2.75, 3.05) is 40.8 Å². The van der Waals surface area contributed by atoms with Gasteiger partial charge in [-0.25, -0.2) is 4.79 Å². The maximum atomic E-state index is 14.5. The molecule has 51 heavy (non-hydrogen) atoms. The van der Waals surface area contributed by atoms with Crippen LogP contribution in [0.5, 0.6) is 0 Å². The predicted molar refractivity (Wildman–Crippen MR) is 197 cm³/mol. The average Bonchev–Trinajstić information content (AvgIpc) is 3.38. The summed E-state index contributed by atoms with van der Waals surface area (Å²) in [6.45, 7) is 14.0. The summed E-state index contributed by atoms with van der Waals surface area (Å²) in [6.07, 6.45) is 8.80. The van der Waals surface area contributed by atoms with Crippen LogP contribution < -0.4 is 21.3 Å². The normalized spacial score (nSPS) is 27.0. The molecule has 0 aromatic heterocycles. The first kappa shape index (κ1) is 42.4. The first-order valence-corrected chi connectivity index (χ1v) is 19.9. The molecule has 14 nitrogen and oxygen atoms in total. The molecule has 6 atom stereocenters. The highest BCUT2D eigenvalue weighted by Crippen LogP contribution is 2.57. The minimum atomic E-state index is -3.74. The number of nitrogens with one attached hydrogen (secondary N) is 4. The van der Waals surface area contributed by atoms with E-state index in [0.29, 0.717) is 38.6 Å². The summed E-state index contributed by atoms with van der Waals surface area (Å²) in [5.74, 6) is -2.41. The van der Waals surface area contributed by atoms with Crippen LogP contribution in [0.3, 0.4) is 0 Å². The molecule has 3 fully saturated rings. The van der Waals surface area contributed by atoms with Crippen molar-refractivity contribution >= 4 is 39.7 Å². The predicted octanol–water partition coefficient (Wildman–Crippen LogP) is 2.56. The maximum absolute atomic E-state index is 14.5. The molecular formula is C36H63N7O7S. The van der Waals surface area contributed by atoms with Crippen molar-refractivity contribution in [3.05, 3.63) is 12.7 Å². The highest BCUT2D eigenvalue weighted by Gasteiger charge is 2.60. The Balaban J connectivity index is 1.90. The molecule has 1 saturated carbocycles. The number of carbonyl (C=O) groups excluding carboxylic acids is 5. The largest absolute Gasteiger partial charge is 0.346 e. The van der Waals surface area contributed by atoms with Crippen LogP contribution in [0.4, 0.5) is 4.79 Å². The Kier molecular flexibility index (Phi) is 14.7. The van der Waals surface area contributed by atoms with E-state index in [4.69, 9.17) is 0 Å². The molecule has 0 aromatic carbocycles. The van der Waals surface area contributed by atoms with Crippen molar-refractivity contribution < 1.29 is 32.4 Å². The first-order valence-electron chi connectivity index (χ1n) is 18.5. The molecule has 2 aliphatic heterocycles. The molecule has 1 aliphatic carbocycles. The summed E-state index contributed by atoms with van der Waals surface area (Å²) in [4.78, 5) is 69.8. The van der Waals surface area contributed by atoms with Gasteiger partial charge in [-0.1, -0.05) is 85.6 Å². The zero-order valence-corrected chi connectivity index (χ0v) is 32.9. The lowest BCUT2D eigenvalue weighted by Crippen LogP contribution is -2.60. The van der Waals surface area contributed by atoms with E-state index in [9.17, 15) is 32.4 Å². The van der Waals surface area contributed by atoms with Gasteiger partial charge in [0.15, 0.2) is 0 Å². The molecule has 4 N–H and O–H groups in total. The molecule has 3 aliphatic rings. The van der Waals surface area contributed by atoms with Crippen LogP contribution in [-0.2, 0) is 29.4 Å². The molecule has 2 saturated heterocycles. The second-order valence-electron chi connectivity index (χ2n) is 16.5. The fourth-order valence-corrected chi connectivity index (χ4v) is 8.55. The average molecular weight is 738 g/mol. The Morgan fingerprint density at radius 2 is 1.61 bits per heavy atom. The standard InChI is InChI=1S/C36H63N7O7S/c1-10-20-37-32(46)30(44)26-18-16-14-12-11-13-15-17-19-27(33(47)43-22-25-24(21-36(25,5)6)29(43)31(45)38-26)39-34(48)40-28(35(2,3)4)23-42(9)51(49,50)41(7)8/h10,24-29H,1,11-23H2,2-9H3,(H,37,46)(H,38,45)(H2,39,40,48)/t24-,25-,26-,27-,28+,29-/m0/s1. The number of carbonyl (C=O) groups is 5. The van der Waals surface area contributed by atoms with Gasteiger partial charge in [-0.3, -0.25) is 19.2 Å². The number of hydrogen-bond donors (Lipinski definition) is 4. The van der Waals surface area contributed by atoms with Gasteiger partial charge >= 0.3 is 6.03 Å². The molecule has 3 rings (SSSR count). The van der Waals surface area contributed by atoms with Crippen molar-refractivity contribution in [2.45, 2.75) is 123 Å². The van der Waals surface area contributed by atoms with E-state index in [-0.39, 0.29) is 36.2 Å². The third-order valence-corrected chi connectivity index (χ3v) is 12.8. The van der Waals surface area contributed by atoms with Gasteiger partial charge in [0.1, 0.15) is 12.1 Å². The van der Waals surface area contributed by atoms with Crippen molar-refractivity contribution in [3.63, 3.8) is 0 Å². The van der Waals surface area contributed by atoms with Crippen LogP contribution >= 0.6 is 0 Å². The number of hydrogen-bond acceptors (Lipinski definition) is 7. The zero-order chi connectivity index (χ0) is 38.3. The number of amides is 5. The van der Waals surface area contributed by atoms with Crippen LogP contribution in [0.15, 0.2) is 12.7 Å². The summed E-state index contributed by atoms with van der Waals surface area (Å²) < 4.78 is 27.8. The van der Waals surface area contributed by atoms with Gasteiger partial charge in [0, 0.05) is 46.8 Å². The van der Waals surface area contributed by atoms with Gasteiger partial charge in [-0.15, -0.1) is 6.58 Å². The summed E-state index contributed by atoms with van der Waals surface area (Å²) in [6, 6.07) is -4.01. The van der Waals surface area contributed by atoms with Gasteiger partial charge in [-0.05, 0) is 41.9 Å². The van der Waals surface area contributed by atoms with E-state index in [1.54, 1.807) is 4.90 Å². The molecule has 0 radical (unpaired) electrons. The summed E-state index contributed by atoms with van der Waals surface area (Å²) >= 11 is 0. The Bertz CT molecular complexity index is 1390. The number of urea groups is 1. The second kappa shape index (κ2) is 17.7. The molecule has 15 heteroatoms. The second-order valence-corrected chi connectivity index (χ2v) is 18.8. The van der Waals surface area contributed by atoms with E-state index in [2.05, 4.69) is 41.7 Å². The molecule has 0 bridgehead atoms. The smallest absolute Gasteiger partial charge is 0.315 e. The van der Waals surface area contributed by atoms with Crippen LogP contribution in [0.1, 0.15) is 98.8 Å². The van der Waals surface area contributed by atoms with Crippen LogP contribution in [0.2, 0.25) is 0 Å². The molecule has 290 valence electrons. The van der Waals surface area contributed by atoms with E-state index in [1.807, 2.05) is 20.8 Å². The van der Waals surface area contributed by atoms with Gasteiger partial charge < -0.3 is 26.2 Å². The molecule has 0 spiro atoms. The van der Waals surface area contributed by atoms with Crippen LogP contribution in [0, 0.1) is 22.7 Å². The van der Waals surface area contributed by atoms with E-state index >= 15 is 0 Å². The Hall–Kier alpha value is -3.04. The fraction of sp³-hybridized carbons (Fsp3) is 0.806. The van der Waals surface area contributed by atoms with Crippen molar-refractivity contribution in [2.24, 2.45) is 22.7 Å². The molecule has 5 amide bonds. The number of nitrogens with zero attached hydrogens (tertiary/aromatic N) is 3. The lowest BCUT2D eigenvalue weighted by atomic mass is 9.55. The van der Waals surface area contributed by atoms with Crippen molar-refractivity contribution in [1.29, 1.82) is 0 Å². The van der Waals surface area contributed by atoms with E-state index in [1.165, 1.54) is 31.5 Å². The molecule has 2 heterocycles. The van der Waals surface area contributed by atoms with Gasteiger partial charge in [-0.2, -0.15) is 17.0 Å². The van der Waals surface area contributed by atoms with Crippen molar-refractivity contribution in [1.82, 2.24) is 34.8 Å². The zero-order valence-electron chi connectivity index (χ0n) is 32.0. The SMILES string of the molecule is C=CCNC(=O)C(=O)[C@@H]1CCCCCCCCC[C@H](NC(=O)N[C@H](CN(C)S(=O)(=O)N(C)C)C(C)(C)C)C(=O)N2C[C@H]3[C@H](CC3(C)C)[C@H]2C(=O)N1. The van der Waals surface area contributed by atoms with Crippen molar-refractivity contribution in [3.8, 4) is 0 Å². The summed E-state index contributed by atoms with van der Waals surface area (Å²) in [5, 5.41) is 11.2. The first-order chi connectivity index (χ1) is 23.7. The van der Waals surface area contributed by atoms with Gasteiger partial charge in [0.2, 0.25) is 17.6 Å². The number of rotatable bonds is 10. The lowest BCUT2D eigenvalue weighted by molar-refractivity contribution is -0.144. The number of likely N-dealkylation sites (N-methyl/N-ethyl adjacent to an activating group) is 1. The lowest BCUT2D eigenvalue weighted by Gasteiger charge is -2.48. The topological polar surface area (TPSA) is 177 Å². The Morgan fingerprint density at radius 1 is 1.02 bits per heavy atom. The fourth-order valence-electron chi connectivity index (χ4n) is 7.65. The van der Waals surface area contributed by atoms with Crippen LogP contribution in [0.25, 0.3) is 0 Å². The quantitative estimate of drug-likeness (QED) is 0.197. The summed E-state index contributed by atoms with van der Waals surface area (Å²) in [5.41, 5.74) is -0.632. The third kappa shape index (κ3) is 10.8. The van der Waals surface area contributed by atoms with Gasteiger partial charge in [0.25, 0.3) is 16.1 Å². The molecule has 0 unspecified atom stereocenters. The van der Waals surface area contributed by atoms with E-state index < -0.39 is 63.4 Å². The molecule has 0 aromatic rings. The molecular weight excluding hydrogens is 675 g/mol. The number of fused-ring (bicyclic) bond motifs is 3. The Labute approximate surface area is 305 Å². The maximum Gasteiger partial charge on any atom is 0.315 e. The Morgan fingerprint density at radius 3 is 2.16 bits per heavy atom. The van der Waals surface area contributed by atoms with E-state index in [0.717, 1.165) is 36.4 Å².